The van der Waals surface area contributed by atoms with Crippen molar-refractivity contribution in [2.24, 2.45) is 11.5 Å². The van der Waals surface area contributed by atoms with E-state index >= 15 is 0 Å². The lowest BCUT2D eigenvalue weighted by atomic mass is 10.1. The van der Waals surface area contributed by atoms with E-state index in [0.717, 1.165) is 21.6 Å². The molecule has 0 rings (SSSR count). The Morgan fingerprint density at radius 2 is 1.18 bits per heavy atom. The molecule has 0 spiro atoms. The average Bonchev–Trinajstić information content (AvgIpc) is 2.85. The van der Waals surface area contributed by atoms with Gasteiger partial charge in [0.05, 0.1) is 12.6 Å². The van der Waals surface area contributed by atoms with Gasteiger partial charge in [0.15, 0.2) is 0 Å². The first kappa shape index (κ1) is 35.9. The van der Waals surface area contributed by atoms with Gasteiger partial charge in [0.2, 0.25) is 17.7 Å². The molecule has 0 aromatic rings. The van der Waals surface area contributed by atoms with Crippen LogP contribution in [0.3, 0.4) is 0 Å². The molecule has 0 saturated heterocycles. The normalized spacial score (nSPS) is 13.8. The molecule has 0 fully saturated rings. The Morgan fingerprint density at radius 3 is 1.67 bits per heavy atom. The Labute approximate surface area is 231 Å². The van der Waals surface area contributed by atoms with Crippen molar-refractivity contribution in [1.82, 2.24) is 21.3 Å². The van der Waals surface area contributed by atoms with E-state index in [0.29, 0.717) is 0 Å². The standard InChI is InChI=1S/C20H34N6O11S2/c21-11(19(34)35)1-3-14(27)25-10(5-23-6-16(29)30)8-38-39-9-13(18(33)24-7-17(31)32)26-15(28)4-2-12(22)20(36)37/h10-13,23H,1-9,21-22H2,(H,24,33)(H,25,27)(H,26,28)(H,29,30)(H,31,32)(H,34,35)(H,36,37). The molecule has 0 saturated carbocycles. The minimum atomic E-state index is -1.31. The summed E-state index contributed by atoms with van der Waals surface area (Å²) in [5.41, 5.74) is 10.8. The summed E-state index contributed by atoms with van der Waals surface area (Å²) in [4.78, 5) is 79.9. The van der Waals surface area contributed by atoms with Crippen LogP contribution in [0.5, 0.6) is 0 Å². The predicted octanol–water partition coefficient (Wildman–Crippen LogP) is -3.40. The topological polar surface area (TPSA) is 301 Å². The fourth-order valence-corrected chi connectivity index (χ4v) is 5.01. The molecule has 0 heterocycles. The third-order valence-electron chi connectivity index (χ3n) is 4.68. The van der Waals surface area contributed by atoms with Gasteiger partial charge in [-0.05, 0) is 12.8 Å². The summed E-state index contributed by atoms with van der Waals surface area (Å²) >= 11 is 0. The van der Waals surface area contributed by atoms with Crippen molar-refractivity contribution in [1.29, 1.82) is 0 Å². The largest absolute Gasteiger partial charge is 0.480 e. The van der Waals surface area contributed by atoms with Crippen LogP contribution in [0, 0.1) is 0 Å². The Hall–Kier alpha value is -3.13. The van der Waals surface area contributed by atoms with Gasteiger partial charge < -0.3 is 53.2 Å². The second-order valence-electron chi connectivity index (χ2n) is 8.06. The highest BCUT2D eigenvalue weighted by Gasteiger charge is 2.23. The Morgan fingerprint density at radius 1 is 0.692 bits per heavy atom. The smallest absolute Gasteiger partial charge is 0.322 e. The number of amides is 3. The molecule has 19 heteroatoms. The number of nitrogens with two attached hydrogens (primary N) is 2. The number of rotatable bonds is 22. The SMILES string of the molecule is NC(CCC(=O)NC(CNCC(=O)O)CSSCC(NC(=O)CCC(N)C(=O)O)C(=O)NCC(=O)O)C(=O)O. The monoisotopic (exact) mass is 598 g/mol. The van der Waals surface area contributed by atoms with E-state index in [1.807, 2.05) is 0 Å². The Kier molecular flexibility index (Phi) is 18.3. The third kappa shape index (κ3) is 18.7. The number of carbonyl (C=O) groups is 7. The van der Waals surface area contributed by atoms with Crippen molar-refractivity contribution in [2.45, 2.75) is 49.9 Å². The molecule has 4 unspecified atom stereocenters. The number of nitrogens with one attached hydrogen (secondary N) is 4. The van der Waals surface area contributed by atoms with Crippen molar-refractivity contribution < 1.29 is 54.0 Å². The number of hydrogen-bond donors (Lipinski definition) is 10. The molecule has 0 radical (unpaired) electrons. The molecule has 4 atom stereocenters. The summed E-state index contributed by atoms with van der Waals surface area (Å²) in [6.45, 7) is -1.01. The van der Waals surface area contributed by atoms with Crippen LogP contribution in [0.2, 0.25) is 0 Å². The van der Waals surface area contributed by atoms with Crippen LogP contribution in [0.25, 0.3) is 0 Å². The summed E-state index contributed by atoms with van der Waals surface area (Å²) in [7, 11) is 2.26. The van der Waals surface area contributed by atoms with Gasteiger partial charge in [0.1, 0.15) is 24.7 Å². The van der Waals surface area contributed by atoms with Crippen LogP contribution in [0.4, 0.5) is 0 Å². The van der Waals surface area contributed by atoms with Gasteiger partial charge in [0, 0.05) is 30.9 Å². The van der Waals surface area contributed by atoms with Crippen LogP contribution >= 0.6 is 21.6 Å². The molecule has 0 aliphatic carbocycles. The molecule has 0 bridgehead atoms. The first-order chi connectivity index (χ1) is 18.2. The summed E-state index contributed by atoms with van der Waals surface area (Å²) in [5.74, 6) is -6.77. The van der Waals surface area contributed by atoms with Gasteiger partial charge in [-0.3, -0.25) is 33.6 Å². The van der Waals surface area contributed by atoms with Gasteiger partial charge in [-0.25, -0.2) is 0 Å². The van der Waals surface area contributed by atoms with E-state index in [2.05, 4.69) is 21.3 Å². The second kappa shape index (κ2) is 19.9. The minimum absolute atomic E-state index is 0.0382. The second-order valence-corrected chi connectivity index (χ2v) is 10.6. The van der Waals surface area contributed by atoms with E-state index in [1.165, 1.54) is 0 Å². The van der Waals surface area contributed by atoms with Gasteiger partial charge >= 0.3 is 23.9 Å². The Balaban J connectivity index is 5.01. The Bertz CT molecular complexity index is 879. The van der Waals surface area contributed by atoms with Gasteiger partial charge in [-0.1, -0.05) is 21.6 Å². The van der Waals surface area contributed by atoms with Gasteiger partial charge in [-0.2, -0.15) is 0 Å². The van der Waals surface area contributed by atoms with Crippen LogP contribution in [0.15, 0.2) is 0 Å². The molecule has 0 aliphatic heterocycles. The molecule has 0 aromatic carbocycles. The van der Waals surface area contributed by atoms with E-state index in [-0.39, 0.29) is 50.3 Å². The highest BCUT2D eigenvalue weighted by Crippen LogP contribution is 2.23. The molecule has 222 valence electrons. The lowest BCUT2D eigenvalue weighted by Gasteiger charge is -2.20. The average molecular weight is 599 g/mol. The zero-order valence-electron chi connectivity index (χ0n) is 20.8. The summed E-state index contributed by atoms with van der Waals surface area (Å²) in [6, 6.07) is -4.27. The zero-order valence-corrected chi connectivity index (χ0v) is 22.4. The van der Waals surface area contributed by atoms with Crippen molar-refractivity contribution in [2.75, 3.05) is 31.1 Å². The van der Waals surface area contributed by atoms with E-state index in [9.17, 15) is 33.6 Å². The highest BCUT2D eigenvalue weighted by atomic mass is 33.1. The highest BCUT2D eigenvalue weighted by molar-refractivity contribution is 8.76. The maximum Gasteiger partial charge on any atom is 0.322 e. The van der Waals surface area contributed by atoms with Gasteiger partial charge in [0.25, 0.3) is 0 Å². The number of carboxylic acids is 4. The van der Waals surface area contributed by atoms with Crippen molar-refractivity contribution in [3.8, 4) is 0 Å². The number of carboxylic acid groups (broad SMARTS) is 4. The molecule has 3 amide bonds. The zero-order chi connectivity index (χ0) is 30.0. The molecule has 0 aliphatic rings. The van der Waals surface area contributed by atoms with Crippen LogP contribution in [-0.4, -0.2) is 117 Å². The molecular weight excluding hydrogens is 564 g/mol. The number of aliphatic carboxylic acids is 4. The van der Waals surface area contributed by atoms with E-state index in [4.69, 9.17) is 31.9 Å². The fourth-order valence-electron chi connectivity index (χ4n) is 2.61. The van der Waals surface area contributed by atoms with E-state index < -0.39 is 72.3 Å². The number of carbonyl (C=O) groups excluding carboxylic acids is 3. The lowest BCUT2D eigenvalue weighted by Crippen LogP contribution is -2.49. The molecule has 12 N–H and O–H groups in total. The predicted molar refractivity (Wildman–Crippen MR) is 140 cm³/mol. The molecule has 0 aromatic heterocycles. The van der Waals surface area contributed by atoms with Crippen molar-refractivity contribution in [3.05, 3.63) is 0 Å². The summed E-state index contributed by atoms with van der Waals surface area (Å²) in [6.07, 6.45) is -0.760. The quantitative estimate of drug-likeness (QED) is 0.0429. The van der Waals surface area contributed by atoms with Gasteiger partial charge in [-0.15, -0.1) is 0 Å². The van der Waals surface area contributed by atoms with Crippen molar-refractivity contribution >= 4 is 63.2 Å². The maximum atomic E-state index is 12.4. The first-order valence-electron chi connectivity index (χ1n) is 11.4. The maximum absolute atomic E-state index is 12.4. The molecular formula is C20H34N6O11S2. The van der Waals surface area contributed by atoms with Crippen molar-refractivity contribution in [3.63, 3.8) is 0 Å². The fraction of sp³-hybridized carbons (Fsp3) is 0.650. The number of hydrogen-bond acceptors (Lipinski definition) is 12. The molecule has 17 nitrogen and oxygen atoms in total. The third-order valence-corrected chi connectivity index (χ3v) is 7.18. The van der Waals surface area contributed by atoms with Crippen LogP contribution in [0.1, 0.15) is 25.7 Å². The lowest BCUT2D eigenvalue weighted by molar-refractivity contribution is -0.140. The van der Waals surface area contributed by atoms with E-state index in [1.54, 1.807) is 0 Å². The summed E-state index contributed by atoms with van der Waals surface area (Å²) in [5, 5.41) is 45.1. The van der Waals surface area contributed by atoms with Crippen LogP contribution in [-0.2, 0) is 33.6 Å². The first-order valence-corrected chi connectivity index (χ1v) is 13.9. The minimum Gasteiger partial charge on any atom is -0.480 e. The molecule has 39 heavy (non-hydrogen) atoms. The summed E-state index contributed by atoms with van der Waals surface area (Å²) < 4.78 is 0. The van der Waals surface area contributed by atoms with Crippen LogP contribution < -0.4 is 32.7 Å².